The molecule has 15 heavy (non-hydrogen) atoms. The third-order valence-corrected chi connectivity index (χ3v) is 2.16. The van der Waals surface area contributed by atoms with Gasteiger partial charge in [0.1, 0.15) is 11.6 Å². The van der Waals surface area contributed by atoms with Crippen LogP contribution in [0.4, 0.5) is 0 Å². The van der Waals surface area contributed by atoms with Gasteiger partial charge < -0.3 is 14.3 Å². The van der Waals surface area contributed by atoms with Crippen molar-refractivity contribution in [2.75, 3.05) is 0 Å². The van der Waals surface area contributed by atoms with Crippen LogP contribution in [0.5, 0.6) is 0 Å². The largest absolute Gasteiger partial charge is 0.443 e. The molecule has 0 aromatic heterocycles. The second-order valence-corrected chi connectivity index (χ2v) is 4.16. The maximum absolute atomic E-state index is 10.7. The number of hydrogen-bond donors (Lipinski definition) is 0. The first-order valence-electron chi connectivity index (χ1n) is 4.64. The number of carbonyl (C=O) groups is 2. The highest BCUT2D eigenvalue weighted by molar-refractivity contribution is 7.81. The number of rotatable bonds is 6. The third-order valence-electron chi connectivity index (χ3n) is 1.59. The van der Waals surface area contributed by atoms with Gasteiger partial charge in [-0.3, -0.25) is 0 Å². The Morgan fingerprint density at radius 3 is 1.47 bits per heavy atom. The number of carbonyl (C=O) groups excluding carboxylic acids is 2. The van der Waals surface area contributed by atoms with Crippen molar-refractivity contribution < 1.29 is 14.3 Å². The third kappa shape index (κ3) is 9.62. The highest BCUT2D eigenvalue weighted by atomic mass is 32.1. The second-order valence-electron chi connectivity index (χ2n) is 3.25. The van der Waals surface area contributed by atoms with Crippen molar-refractivity contribution in [3.05, 3.63) is 0 Å². The number of ketones is 2. The van der Waals surface area contributed by atoms with E-state index >= 15 is 0 Å². The fraction of sp³-hybridized carbons (Fsp3) is 0.600. The van der Waals surface area contributed by atoms with Crippen LogP contribution >= 0.6 is 24.4 Å². The van der Waals surface area contributed by atoms with Crippen LogP contribution in [-0.2, 0) is 14.3 Å². The van der Waals surface area contributed by atoms with Gasteiger partial charge in [0.25, 0.3) is 0 Å². The summed E-state index contributed by atoms with van der Waals surface area (Å²) in [5.74, 6) is 0.131. The van der Waals surface area contributed by atoms with Crippen LogP contribution in [0.2, 0.25) is 0 Å². The Morgan fingerprint density at radius 1 is 0.867 bits per heavy atom. The van der Waals surface area contributed by atoms with Crippen LogP contribution < -0.4 is 0 Å². The molecule has 0 aliphatic heterocycles. The summed E-state index contributed by atoms with van der Waals surface area (Å²) in [6, 6.07) is 0. The molecule has 0 radical (unpaired) electrons. The molecule has 0 atom stereocenters. The second kappa shape index (κ2) is 7.59. The molecular formula is C10H14O3S2. The average molecular weight is 246 g/mol. The molecule has 0 spiro atoms. The van der Waals surface area contributed by atoms with E-state index in [1.54, 1.807) is 0 Å². The van der Waals surface area contributed by atoms with Crippen LogP contribution in [0.15, 0.2) is 0 Å². The fourth-order valence-electron chi connectivity index (χ4n) is 0.785. The highest BCUT2D eigenvalue weighted by Gasteiger charge is 2.06. The molecule has 3 nitrogen and oxygen atoms in total. The lowest BCUT2D eigenvalue weighted by molar-refractivity contribution is -0.117. The predicted octanol–water partition coefficient (Wildman–Crippen LogP) is 2.40. The van der Waals surface area contributed by atoms with Gasteiger partial charge in [-0.25, -0.2) is 0 Å². The van der Waals surface area contributed by atoms with E-state index in [1.165, 1.54) is 13.8 Å². The SMILES string of the molecule is CC(=O)CCC(=S)OC(=S)CCC(C)=O. The number of Topliss-reactive ketones (excluding diaryl/α,β-unsaturated/α-hetero) is 2. The minimum absolute atomic E-state index is 0.0654. The van der Waals surface area contributed by atoms with Crippen molar-refractivity contribution in [3.63, 3.8) is 0 Å². The summed E-state index contributed by atoms with van der Waals surface area (Å²) in [5, 5.41) is 0.637. The molecular weight excluding hydrogens is 232 g/mol. The molecule has 0 bridgehead atoms. The highest BCUT2D eigenvalue weighted by Crippen LogP contribution is 2.02. The summed E-state index contributed by atoms with van der Waals surface area (Å²) in [6.07, 6.45) is 1.55. The summed E-state index contributed by atoms with van der Waals surface area (Å²) >= 11 is 9.76. The summed E-state index contributed by atoms with van der Waals surface area (Å²) in [7, 11) is 0. The molecule has 0 unspecified atom stereocenters. The Hall–Kier alpha value is -0.680. The van der Waals surface area contributed by atoms with E-state index in [0.29, 0.717) is 35.8 Å². The molecule has 0 aromatic rings. The van der Waals surface area contributed by atoms with Crippen molar-refractivity contribution >= 4 is 46.1 Å². The first-order valence-corrected chi connectivity index (χ1v) is 5.46. The summed E-state index contributed by atoms with van der Waals surface area (Å²) < 4.78 is 5.11. The zero-order chi connectivity index (χ0) is 11.8. The molecule has 84 valence electrons. The Morgan fingerprint density at radius 2 is 1.20 bits per heavy atom. The maximum atomic E-state index is 10.7. The molecule has 0 saturated heterocycles. The molecule has 0 aliphatic carbocycles. The molecule has 0 amide bonds. The molecule has 0 saturated carbocycles. The smallest absolute Gasteiger partial charge is 0.168 e. The van der Waals surface area contributed by atoms with Crippen LogP contribution in [0.25, 0.3) is 0 Å². The molecule has 0 rings (SSSR count). The standard InChI is InChI=1S/C10H14O3S2/c1-7(11)3-5-9(14)13-10(15)6-4-8(2)12/h3-6H2,1-2H3. The van der Waals surface area contributed by atoms with Gasteiger partial charge in [0, 0.05) is 25.7 Å². The van der Waals surface area contributed by atoms with Crippen molar-refractivity contribution in [1.29, 1.82) is 0 Å². The van der Waals surface area contributed by atoms with E-state index in [-0.39, 0.29) is 11.6 Å². The quantitative estimate of drug-likeness (QED) is 0.673. The summed E-state index contributed by atoms with van der Waals surface area (Å²) in [4.78, 5) is 21.3. The lowest BCUT2D eigenvalue weighted by atomic mass is 10.2. The maximum Gasteiger partial charge on any atom is 0.168 e. The van der Waals surface area contributed by atoms with Gasteiger partial charge in [-0.1, -0.05) is 0 Å². The minimum Gasteiger partial charge on any atom is -0.443 e. The van der Waals surface area contributed by atoms with Gasteiger partial charge in [0.2, 0.25) is 0 Å². The van der Waals surface area contributed by atoms with Gasteiger partial charge >= 0.3 is 0 Å². The Balaban J connectivity index is 3.71. The van der Waals surface area contributed by atoms with Crippen molar-refractivity contribution in [2.45, 2.75) is 39.5 Å². The van der Waals surface area contributed by atoms with Crippen molar-refractivity contribution in [3.8, 4) is 0 Å². The van der Waals surface area contributed by atoms with Crippen LogP contribution in [0.3, 0.4) is 0 Å². The van der Waals surface area contributed by atoms with Crippen molar-refractivity contribution in [2.24, 2.45) is 0 Å². The van der Waals surface area contributed by atoms with Gasteiger partial charge in [-0.05, 0) is 38.3 Å². The molecule has 0 N–H and O–H groups in total. The summed E-state index contributed by atoms with van der Waals surface area (Å²) in [6.45, 7) is 2.99. The summed E-state index contributed by atoms with van der Waals surface area (Å²) in [5.41, 5.74) is 0. The van der Waals surface area contributed by atoms with E-state index < -0.39 is 0 Å². The minimum atomic E-state index is 0.0654. The first kappa shape index (κ1) is 14.3. The molecule has 5 heteroatoms. The van der Waals surface area contributed by atoms with E-state index in [2.05, 4.69) is 0 Å². The Kier molecular flexibility index (Phi) is 7.25. The Labute approximate surface area is 100 Å². The molecule has 0 aromatic carbocycles. The fourth-order valence-corrected chi connectivity index (χ4v) is 1.24. The van der Waals surface area contributed by atoms with Gasteiger partial charge in [0.05, 0.1) is 0 Å². The number of thiocarbonyl (C=S) groups is 2. The zero-order valence-electron chi connectivity index (χ0n) is 8.87. The average Bonchev–Trinajstić information content (AvgIpc) is 2.11. The molecule has 0 fully saturated rings. The van der Waals surface area contributed by atoms with E-state index in [0.717, 1.165) is 0 Å². The van der Waals surface area contributed by atoms with E-state index in [9.17, 15) is 9.59 Å². The molecule has 0 aliphatic rings. The number of hydrogen-bond acceptors (Lipinski definition) is 5. The van der Waals surface area contributed by atoms with Gasteiger partial charge in [-0.2, -0.15) is 0 Å². The Bertz CT molecular complexity index is 256. The first-order chi connectivity index (χ1) is 6.91. The van der Waals surface area contributed by atoms with E-state index in [1.807, 2.05) is 0 Å². The van der Waals surface area contributed by atoms with Crippen LogP contribution in [0, 0.1) is 0 Å². The predicted molar refractivity (Wildman–Crippen MR) is 66.1 cm³/mol. The van der Waals surface area contributed by atoms with Crippen molar-refractivity contribution in [1.82, 2.24) is 0 Å². The zero-order valence-corrected chi connectivity index (χ0v) is 10.5. The number of ether oxygens (including phenoxy) is 1. The van der Waals surface area contributed by atoms with E-state index in [4.69, 9.17) is 29.2 Å². The van der Waals surface area contributed by atoms with Crippen LogP contribution in [-0.4, -0.2) is 21.7 Å². The van der Waals surface area contributed by atoms with Crippen LogP contribution in [0.1, 0.15) is 39.5 Å². The van der Waals surface area contributed by atoms with Gasteiger partial charge in [-0.15, -0.1) is 0 Å². The monoisotopic (exact) mass is 246 g/mol. The normalized spacial score (nSPS) is 9.47. The lowest BCUT2D eigenvalue weighted by Gasteiger charge is -2.06. The van der Waals surface area contributed by atoms with Gasteiger partial charge in [0.15, 0.2) is 10.1 Å². The molecule has 0 heterocycles. The topological polar surface area (TPSA) is 43.4 Å². The lowest BCUT2D eigenvalue weighted by Crippen LogP contribution is -2.10.